The predicted molar refractivity (Wildman–Crippen MR) is 301 cm³/mol. The first-order chi connectivity index (χ1) is 37.9. The average molecular weight is 1140 g/mol. The largest absolute Gasteiger partial charge is 0.491 e. The van der Waals surface area contributed by atoms with E-state index < -0.39 is 102 Å². The number of carbonyl (C=O) groups excluding carboxylic acids is 1. The number of ether oxygens (including phenoxy) is 7. The van der Waals surface area contributed by atoms with Gasteiger partial charge in [0.1, 0.15) is 54.1 Å². The summed E-state index contributed by atoms with van der Waals surface area (Å²) in [5, 5.41) is 75.7. The highest BCUT2D eigenvalue weighted by molar-refractivity contribution is 7.03. The quantitative estimate of drug-likeness (QED) is 0.0747. The number of aliphatic hydroxyl groups excluding tert-OH is 3. The Kier molecular flexibility index (Phi) is 21.9. The van der Waals surface area contributed by atoms with E-state index in [1.807, 2.05) is 120 Å². The molecule has 20 nitrogen and oxygen atoms in total. The molecule has 2 aromatic heterocycles. The van der Waals surface area contributed by atoms with Crippen LogP contribution in [-0.2, 0) is 46.2 Å². The molecule has 7 rings (SSSR count). The number of esters is 1. The summed E-state index contributed by atoms with van der Waals surface area (Å²) in [6, 6.07) is 16.4. The molecule has 5 heterocycles. The number of methoxy groups -OCH3 is 1. The zero-order valence-electron chi connectivity index (χ0n) is 49.2. The Morgan fingerprint density at radius 1 is 0.925 bits per heavy atom. The first kappa shape index (κ1) is 63.5. The zero-order valence-corrected chi connectivity index (χ0v) is 50.0. The Hall–Kier alpha value is -4.07. The number of cyclic esters (lactones) is 1. The van der Waals surface area contributed by atoms with Gasteiger partial charge in [0, 0.05) is 68.2 Å². The molecule has 19 atom stereocenters. The lowest BCUT2D eigenvalue weighted by Gasteiger charge is -2.51. The molecule has 3 saturated heterocycles. The van der Waals surface area contributed by atoms with Gasteiger partial charge in [-0.1, -0.05) is 67.7 Å². The molecule has 80 heavy (non-hydrogen) atoms. The van der Waals surface area contributed by atoms with Crippen molar-refractivity contribution in [2.24, 2.45) is 23.7 Å². The molecule has 4 aromatic rings. The molecule has 0 amide bonds. The second kappa shape index (κ2) is 27.5. The molecule has 0 radical (unpaired) electrons. The number of nitrogens with zero attached hydrogens (tertiary/aromatic N) is 7. The molecule has 3 aliphatic heterocycles. The van der Waals surface area contributed by atoms with Crippen LogP contribution in [0.25, 0.3) is 11.3 Å². The first-order valence-electron chi connectivity index (χ1n) is 28.5. The number of benzene rings is 2. The molecule has 2 aromatic carbocycles. The van der Waals surface area contributed by atoms with Crippen LogP contribution in [0.3, 0.4) is 0 Å². The highest BCUT2D eigenvalue weighted by Gasteiger charge is 2.55. The Bertz CT molecular complexity index is 2510. The van der Waals surface area contributed by atoms with Crippen LogP contribution >= 0.6 is 11.5 Å². The van der Waals surface area contributed by atoms with Crippen molar-refractivity contribution in [1.82, 2.24) is 34.4 Å². The fourth-order valence-electron chi connectivity index (χ4n) is 12.6. The average Bonchev–Trinajstić information content (AvgIpc) is 4.15. The van der Waals surface area contributed by atoms with Crippen molar-refractivity contribution < 1.29 is 63.5 Å². The number of hydrogen-bond donors (Lipinski definition) is 5. The molecule has 0 aliphatic carbocycles. The summed E-state index contributed by atoms with van der Waals surface area (Å²) >= 11 is 1.30. The summed E-state index contributed by atoms with van der Waals surface area (Å²) in [5.41, 5.74) is -0.965. The first-order valence-corrected chi connectivity index (χ1v) is 29.3. The molecule has 3 aliphatic rings. The molecule has 0 spiro atoms. The third-order valence-electron chi connectivity index (χ3n) is 17.5. The molecule has 5 N–H and O–H groups in total. The van der Waals surface area contributed by atoms with Crippen molar-refractivity contribution in [1.29, 1.82) is 0 Å². The van der Waals surface area contributed by atoms with E-state index in [2.05, 4.69) is 24.8 Å². The van der Waals surface area contributed by atoms with Gasteiger partial charge < -0.3 is 68.5 Å². The van der Waals surface area contributed by atoms with Crippen molar-refractivity contribution in [3.63, 3.8) is 0 Å². The lowest BCUT2D eigenvalue weighted by molar-refractivity contribution is -0.302. The van der Waals surface area contributed by atoms with Crippen molar-refractivity contribution in [2.75, 3.05) is 47.5 Å². The molecule has 0 saturated carbocycles. The number of carbonyl (C=O) groups is 1. The summed E-state index contributed by atoms with van der Waals surface area (Å²) < 4.78 is 50.7. The molecular formula is C59H91N7O13S. The van der Waals surface area contributed by atoms with Gasteiger partial charge in [0.05, 0.1) is 60.4 Å². The lowest BCUT2D eigenvalue weighted by atomic mass is 9.68. The van der Waals surface area contributed by atoms with Gasteiger partial charge in [-0.05, 0) is 128 Å². The van der Waals surface area contributed by atoms with Crippen molar-refractivity contribution in [3.8, 4) is 17.0 Å². The van der Waals surface area contributed by atoms with Gasteiger partial charge in [-0.25, -0.2) is 4.68 Å². The van der Waals surface area contributed by atoms with Gasteiger partial charge in [0.25, 0.3) is 0 Å². The molecule has 0 bridgehead atoms. The second-order valence-corrected chi connectivity index (χ2v) is 24.6. The van der Waals surface area contributed by atoms with Crippen molar-refractivity contribution in [2.45, 2.75) is 198 Å². The number of rotatable bonds is 18. The second-order valence-electron chi connectivity index (χ2n) is 24.0. The normalized spacial score (nSPS) is 36.7. The minimum absolute atomic E-state index is 0.182. The summed E-state index contributed by atoms with van der Waals surface area (Å²) in [6.07, 6.45) is -5.15. The zero-order chi connectivity index (χ0) is 58.3. The van der Waals surface area contributed by atoms with Crippen LogP contribution in [0.4, 0.5) is 0 Å². The Balaban J connectivity index is 1.12. The van der Waals surface area contributed by atoms with E-state index >= 15 is 0 Å². The van der Waals surface area contributed by atoms with E-state index in [0.29, 0.717) is 44.9 Å². The lowest BCUT2D eigenvalue weighted by Crippen LogP contribution is -2.62. The fourth-order valence-corrected chi connectivity index (χ4v) is 13.0. The maximum atomic E-state index is 14.7. The molecule has 3 fully saturated rings. The third-order valence-corrected chi connectivity index (χ3v) is 18.0. The smallest absolute Gasteiger partial charge is 0.309 e. The summed E-state index contributed by atoms with van der Waals surface area (Å²) in [7, 11) is 5.34. The van der Waals surface area contributed by atoms with Crippen LogP contribution in [0.5, 0.6) is 5.75 Å². The molecule has 1 unspecified atom stereocenters. The Labute approximate surface area is 477 Å². The van der Waals surface area contributed by atoms with E-state index in [-0.39, 0.29) is 43.9 Å². The maximum Gasteiger partial charge on any atom is 0.309 e. The number of likely N-dealkylation sites (N-methyl/N-ethyl adjacent to an activating group) is 2. The minimum Gasteiger partial charge on any atom is -0.491 e. The van der Waals surface area contributed by atoms with Crippen molar-refractivity contribution >= 4 is 17.5 Å². The van der Waals surface area contributed by atoms with E-state index in [4.69, 9.17) is 33.2 Å². The number of aliphatic hydroxyl groups is 5. The SMILES string of the molecule is CC[C@H]1OC(=O)[C@H](C)[C@@H](C2C[C@@](C)(OC)[C@@H](O)[C@H](C)O2)[C@H](C)[C@@H](O[C@@H]2O[C@H](C)C[C@H](N(C)CCc3cn([C@H](COCc4ccccc4)COc4ccc(-c5csnn5)cc4)nn3)[C@H]2O)[C@](C)(O)C[C@@H](C)CN(C)[C@H](C)[C@@H](O)[C@]1(C)O. The minimum atomic E-state index is -1.83. The van der Waals surface area contributed by atoms with Gasteiger partial charge in [-0.15, -0.1) is 10.2 Å². The van der Waals surface area contributed by atoms with Crippen LogP contribution in [0.2, 0.25) is 0 Å². The Morgan fingerprint density at radius 3 is 2.30 bits per heavy atom. The Morgan fingerprint density at radius 2 is 1.64 bits per heavy atom. The topological polar surface area (TPSA) is 246 Å². The third kappa shape index (κ3) is 15.2. The van der Waals surface area contributed by atoms with E-state index in [0.717, 1.165) is 22.5 Å². The molecule has 446 valence electrons. The van der Waals surface area contributed by atoms with E-state index in [9.17, 15) is 30.3 Å². The maximum absolute atomic E-state index is 14.7. The van der Waals surface area contributed by atoms with Crippen LogP contribution in [0.15, 0.2) is 66.2 Å². The molecular weight excluding hydrogens is 1050 g/mol. The monoisotopic (exact) mass is 1140 g/mol. The van der Waals surface area contributed by atoms with Gasteiger partial charge in [0.15, 0.2) is 6.29 Å². The van der Waals surface area contributed by atoms with Crippen LogP contribution in [0, 0.1) is 23.7 Å². The van der Waals surface area contributed by atoms with Crippen molar-refractivity contribution in [3.05, 3.63) is 77.4 Å². The van der Waals surface area contributed by atoms with Gasteiger partial charge >= 0.3 is 5.97 Å². The van der Waals surface area contributed by atoms with Gasteiger partial charge in [-0.3, -0.25) is 4.79 Å². The van der Waals surface area contributed by atoms with Gasteiger partial charge in [-0.2, -0.15) is 0 Å². The summed E-state index contributed by atoms with van der Waals surface area (Å²) in [6.45, 7) is 19.9. The fraction of sp³-hybridized carbons (Fsp3) is 0.712. The van der Waals surface area contributed by atoms with E-state index in [1.54, 1.807) is 32.4 Å². The van der Waals surface area contributed by atoms with Gasteiger partial charge in [0.2, 0.25) is 0 Å². The summed E-state index contributed by atoms with van der Waals surface area (Å²) in [5.74, 6) is -2.52. The number of aromatic nitrogens is 5. The summed E-state index contributed by atoms with van der Waals surface area (Å²) in [4.78, 5) is 18.7. The van der Waals surface area contributed by atoms with Crippen LogP contribution < -0.4 is 4.74 Å². The van der Waals surface area contributed by atoms with Crippen LogP contribution in [0.1, 0.15) is 112 Å². The predicted octanol–water partition coefficient (Wildman–Crippen LogP) is 5.73. The van der Waals surface area contributed by atoms with E-state index in [1.165, 1.54) is 25.6 Å². The highest BCUT2D eigenvalue weighted by Crippen LogP contribution is 2.45. The van der Waals surface area contributed by atoms with Crippen LogP contribution in [-0.4, -0.2) is 197 Å². The standard InChI is InChI=1S/C59H91N7O13S/c1-14-49-59(10,72)52(68)39(6)65(12)29-35(2)27-57(8,71)54(37(4)50(38(5)55(70)78-49)48-28-58(9,73-13)53(69)40(7)77-48)79-56-51(67)47(26-36(3)76-56)64(11)25-24-43-30-66(62-60-43)44(32-74-31-41-18-16-15-17-19-41)33-75-45-22-20-42(21-23-45)46-34-80-63-61-46/h15-23,30,34-40,44,47-54,56,67-69,71-72H,14,24-29,31-33H2,1-13H3/t35-,36-,37+,38-,39-,40+,44-,47+,48?,49-,50+,51-,52-,53+,54-,56+,57-,58-,59-/m1/s1. The number of hydrogen-bond acceptors (Lipinski definition) is 20. The highest BCUT2D eigenvalue weighted by atomic mass is 32.1. The molecule has 21 heteroatoms.